The van der Waals surface area contributed by atoms with E-state index in [0.717, 1.165) is 0 Å². The van der Waals surface area contributed by atoms with E-state index in [1.54, 1.807) is 36.1 Å². The molecule has 120 valence electrons. The zero-order valence-electron chi connectivity index (χ0n) is 12.5. The minimum atomic E-state index is -0.473. The Morgan fingerprint density at radius 2 is 2.30 bits per heavy atom. The number of hydrogen-bond donors (Lipinski definition) is 0. The van der Waals surface area contributed by atoms with Crippen LogP contribution < -0.4 is 4.80 Å². The molecule has 9 heteroatoms. The quantitative estimate of drug-likeness (QED) is 0.362. The van der Waals surface area contributed by atoms with Gasteiger partial charge >= 0.3 is 5.97 Å². The maximum Gasteiger partial charge on any atom is 0.355 e. The smallest absolute Gasteiger partial charge is 0.355 e. The summed E-state index contributed by atoms with van der Waals surface area (Å²) in [5.74, 6) is -0.421. The van der Waals surface area contributed by atoms with Crippen molar-refractivity contribution in [1.82, 2.24) is 4.57 Å². The number of carbonyl (C=O) groups excluding carboxylic acids is 1. The molecule has 2 aromatic rings. The van der Waals surface area contributed by atoms with Crippen LogP contribution in [0.5, 0.6) is 0 Å². The number of benzene rings is 1. The van der Waals surface area contributed by atoms with Gasteiger partial charge in [-0.05, 0) is 6.92 Å². The Balaban J connectivity index is 2.22. The normalized spacial score (nSPS) is 11.8. The number of rotatable bonds is 5. The van der Waals surface area contributed by atoms with Crippen molar-refractivity contribution in [3.05, 3.63) is 55.8 Å². The van der Waals surface area contributed by atoms with Gasteiger partial charge in [-0.2, -0.15) is 5.10 Å². The van der Waals surface area contributed by atoms with Gasteiger partial charge in [0.15, 0.2) is 0 Å². The Morgan fingerprint density at radius 1 is 1.52 bits per heavy atom. The molecule has 0 amide bonds. The molecule has 0 unspecified atom stereocenters. The topological polar surface area (TPSA) is 99.1 Å². The second-order valence-corrected chi connectivity index (χ2v) is 5.22. The first-order valence-corrected chi connectivity index (χ1v) is 7.54. The first kappa shape index (κ1) is 16.6. The van der Waals surface area contributed by atoms with Crippen molar-refractivity contribution in [2.75, 3.05) is 6.61 Å². The predicted octanol–water partition coefficient (Wildman–Crippen LogP) is 2.11. The highest BCUT2D eigenvalue weighted by molar-refractivity contribution is 7.07. The van der Waals surface area contributed by atoms with Crippen molar-refractivity contribution < 1.29 is 14.5 Å². The molecule has 0 aliphatic heterocycles. The first-order valence-electron chi connectivity index (χ1n) is 6.66. The van der Waals surface area contributed by atoms with Gasteiger partial charge < -0.3 is 9.30 Å². The van der Waals surface area contributed by atoms with Gasteiger partial charge in [0.05, 0.1) is 17.7 Å². The molecule has 0 radical (unpaired) electrons. The number of nitrogens with zero attached hydrogens (tertiary/aromatic N) is 4. The molecule has 0 atom stereocenters. The van der Waals surface area contributed by atoms with E-state index in [2.05, 4.69) is 10.2 Å². The van der Waals surface area contributed by atoms with E-state index in [4.69, 9.17) is 4.74 Å². The third-order valence-electron chi connectivity index (χ3n) is 2.84. The Kier molecular flexibility index (Phi) is 5.36. The van der Waals surface area contributed by atoms with Crippen LogP contribution in [0.1, 0.15) is 23.0 Å². The van der Waals surface area contributed by atoms with Crippen LogP contribution in [0.3, 0.4) is 0 Å². The van der Waals surface area contributed by atoms with E-state index in [0.29, 0.717) is 22.7 Å². The molecule has 1 aromatic heterocycles. The fourth-order valence-corrected chi connectivity index (χ4v) is 2.54. The number of non-ortho nitro benzene ring substituents is 1. The monoisotopic (exact) mass is 334 g/mol. The van der Waals surface area contributed by atoms with E-state index in [-0.39, 0.29) is 5.69 Å². The third-order valence-corrected chi connectivity index (χ3v) is 3.75. The molecule has 0 aliphatic carbocycles. The lowest BCUT2D eigenvalue weighted by atomic mass is 10.2. The molecule has 0 saturated carbocycles. The maximum atomic E-state index is 11.7. The Hall–Kier alpha value is -2.81. The van der Waals surface area contributed by atoms with Crippen molar-refractivity contribution in [2.45, 2.75) is 6.92 Å². The molecule has 0 saturated heterocycles. The van der Waals surface area contributed by atoms with Crippen molar-refractivity contribution in [1.29, 1.82) is 0 Å². The summed E-state index contributed by atoms with van der Waals surface area (Å²) in [6, 6.07) is 6.06. The molecule has 1 aromatic carbocycles. The minimum Gasteiger partial charge on any atom is -0.461 e. The van der Waals surface area contributed by atoms with Crippen molar-refractivity contribution >= 4 is 29.2 Å². The SMILES string of the molecule is CCOC(=O)c1cs/c(=N/N=C/c2cccc([N+](=O)[O-])c2)n1C. The number of ether oxygens (including phenoxy) is 1. The Labute approximate surface area is 135 Å². The van der Waals surface area contributed by atoms with Crippen LogP contribution in [-0.4, -0.2) is 28.3 Å². The summed E-state index contributed by atoms with van der Waals surface area (Å²) in [6.07, 6.45) is 1.41. The van der Waals surface area contributed by atoms with E-state index in [1.165, 1.54) is 29.7 Å². The number of aromatic nitrogens is 1. The molecule has 0 spiro atoms. The minimum absolute atomic E-state index is 0.0137. The van der Waals surface area contributed by atoms with Crippen LogP contribution in [0.4, 0.5) is 5.69 Å². The fourth-order valence-electron chi connectivity index (χ4n) is 1.71. The first-order chi connectivity index (χ1) is 11.0. The molecule has 0 aliphatic rings. The zero-order valence-corrected chi connectivity index (χ0v) is 13.3. The predicted molar refractivity (Wildman–Crippen MR) is 85.5 cm³/mol. The summed E-state index contributed by atoms with van der Waals surface area (Å²) in [7, 11) is 1.68. The van der Waals surface area contributed by atoms with Gasteiger partial charge in [-0.1, -0.05) is 12.1 Å². The fraction of sp³-hybridized carbons (Fsp3) is 0.214. The number of nitro benzene ring substituents is 1. The summed E-state index contributed by atoms with van der Waals surface area (Å²) < 4.78 is 6.51. The number of hydrogen-bond acceptors (Lipinski definition) is 7. The van der Waals surface area contributed by atoms with Gasteiger partial charge in [0, 0.05) is 30.1 Å². The molecule has 8 nitrogen and oxygen atoms in total. The molecular weight excluding hydrogens is 320 g/mol. The zero-order chi connectivity index (χ0) is 16.8. The molecule has 0 N–H and O–H groups in total. The highest BCUT2D eigenvalue weighted by Crippen LogP contribution is 2.11. The average Bonchev–Trinajstić information content (AvgIpc) is 2.89. The van der Waals surface area contributed by atoms with Crippen LogP contribution in [0, 0.1) is 10.1 Å². The highest BCUT2D eigenvalue weighted by atomic mass is 32.1. The molecule has 2 rings (SSSR count). The molecule has 0 bridgehead atoms. The van der Waals surface area contributed by atoms with Crippen molar-refractivity contribution in [2.24, 2.45) is 17.3 Å². The van der Waals surface area contributed by atoms with Gasteiger partial charge in [-0.15, -0.1) is 16.4 Å². The van der Waals surface area contributed by atoms with Crippen LogP contribution >= 0.6 is 11.3 Å². The molecular formula is C14H14N4O4S. The van der Waals surface area contributed by atoms with E-state index in [9.17, 15) is 14.9 Å². The second kappa shape index (κ2) is 7.45. The summed E-state index contributed by atoms with van der Waals surface area (Å²) in [4.78, 5) is 22.4. The lowest BCUT2D eigenvalue weighted by molar-refractivity contribution is -0.384. The van der Waals surface area contributed by atoms with Gasteiger partial charge in [0.1, 0.15) is 5.69 Å². The summed E-state index contributed by atoms with van der Waals surface area (Å²) in [5.41, 5.74) is 0.939. The van der Waals surface area contributed by atoms with E-state index >= 15 is 0 Å². The number of carbonyl (C=O) groups is 1. The summed E-state index contributed by atoms with van der Waals surface area (Å²) in [5, 5.41) is 20.3. The maximum absolute atomic E-state index is 11.7. The Bertz CT molecular complexity index is 822. The number of esters is 1. The number of nitro groups is 1. The third kappa shape index (κ3) is 4.10. The van der Waals surface area contributed by atoms with Gasteiger partial charge in [0.2, 0.25) is 4.80 Å². The second-order valence-electron chi connectivity index (χ2n) is 4.38. The average molecular weight is 334 g/mol. The van der Waals surface area contributed by atoms with Gasteiger partial charge in [-0.25, -0.2) is 4.79 Å². The van der Waals surface area contributed by atoms with Crippen molar-refractivity contribution in [3.63, 3.8) is 0 Å². The molecule has 23 heavy (non-hydrogen) atoms. The standard InChI is InChI=1S/C14H14N4O4S/c1-3-22-13(19)12-9-23-14(17(12)2)16-15-8-10-5-4-6-11(7-10)18(20)21/h4-9H,3H2,1-2H3/b15-8+,16-14+. The van der Waals surface area contributed by atoms with Gasteiger partial charge in [0.25, 0.3) is 5.69 Å². The largest absolute Gasteiger partial charge is 0.461 e. The lowest BCUT2D eigenvalue weighted by Gasteiger charge is -2.01. The summed E-state index contributed by atoms with van der Waals surface area (Å²) in [6.45, 7) is 2.03. The van der Waals surface area contributed by atoms with E-state index < -0.39 is 10.9 Å². The number of thiazole rings is 1. The van der Waals surface area contributed by atoms with Crippen LogP contribution in [0.2, 0.25) is 0 Å². The molecule has 0 fully saturated rings. The highest BCUT2D eigenvalue weighted by Gasteiger charge is 2.11. The van der Waals surface area contributed by atoms with Gasteiger partial charge in [-0.3, -0.25) is 10.1 Å². The Morgan fingerprint density at radius 3 is 3.00 bits per heavy atom. The van der Waals surface area contributed by atoms with Crippen molar-refractivity contribution in [3.8, 4) is 0 Å². The summed E-state index contributed by atoms with van der Waals surface area (Å²) >= 11 is 1.25. The lowest BCUT2D eigenvalue weighted by Crippen LogP contribution is -2.17. The van der Waals surface area contributed by atoms with E-state index in [1.807, 2.05) is 0 Å². The van der Waals surface area contributed by atoms with Crippen LogP contribution in [-0.2, 0) is 11.8 Å². The van der Waals surface area contributed by atoms with Crippen LogP contribution in [0.15, 0.2) is 39.8 Å². The van der Waals surface area contributed by atoms with Crippen LogP contribution in [0.25, 0.3) is 0 Å². The molecule has 1 heterocycles.